The first-order valence-corrected chi connectivity index (χ1v) is 8.52. The fourth-order valence-electron chi connectivity index (χ4n) is 1.85. The molecule has 0 heterocycles. The fraction of sp³-hybridized carbons (Fsp3) is 0.133. The highest BCUT2D eigenvalue weighted by Crippen LogP contribution is 2.17. The van der Waals surface area contributed by atoms with Gasteiger partial charge in [-0.15, -0.1) is 0 Å². The molecule has 8 heteroatoms. The maximum Gasteiger partial charge on any atom is 0.271 e. The first kappa shape index (κ1) is 16.6. The zero-order valence-corrected chi connectivity index (χ0v) is 13.4. The van der Waals surface area contributed by atoms with Crippen molar-refractivity contribution in [3.8, 4) is 0 Å². The summed E-state index contributed by atoms with van der Waals surface area (Å²) in [7, 11) is -3.23. The Kier molecular flexibility index (Phi) is 4.75. The Bertz CT molecular complexity index is 859. The van der Waals surface area contributed by atoms with Crippen LogP contribution in [0.15, 0.2) is 58.5 Å². The van der Waals surface area contributed by atoms with Crippen molar-refractivity contribution in [3.05, 3.63) is 64.2 Å². The standard InChI is InChI=1S/C15H15N3O4S/c1-11(12-6-8-15(9-7-12)23(2,21)22)16-17-13-4-3-5-14(10-13)18(19)20/h3-10,17H,1-2H3/b16-11-. The Hall–Kier alpha value is -2.74. The molecule has 0 amide bonds. The van der Waals surface area contributed by atoms with Gasteiger partial charge in [0.15, 0.2) is 9.84 Å². The molecule has 0 saturated carbocycles. The van der Waals surface area contributed by atoms with Crippen molar-refractivity contribution in [1.29, 1.82) is 0 Å². The van der Waals surface area contributed by atoms with Gasteiger partial charge in [0.25, 0.3) is 5.69 Å². The van der Waals surface area contributed by atoms with E-state index in [1.165, 1.54) is 24.3 Å². The molecule has 0 aromatic heterocycles. The quantitative estimate of drug-likeness (QED) is 0.515. The van der Waals surface area contributed by atoms with Crippen LogP contribution in [0, 0.1) is 10.1 Å². The van der Waals surface area contributed by atoms with Crippen molar-refractivity contribution < 1.29 is 13.3 Å². The number of benzene rings is 2. The molecule has 7 nitrogen and oxygen atoms in total. The third kappa shape index (κ3) is 4.36. The van der Waals surface area contributed by atoms with Crippen LogP contribution in [0.4, 0.5) is 11.4 Å². The van der Waals surface area contributed by atoms with E-state index in [2.05, 4.69) is 10.5 Å². The summed E-state index contributed by atoms with van der Waals surface area (Å²) < 4.78 is 22.8. The lowest BCUT2D eigenvalue weighted by atomic mass is 10.1. The van der Waals surface area contributed by atoms with Gasteiger partial charge in [-0.25, -0.2) is 8.42 Å². The van der Waals surface area contributed by atoms with E-state index in [-0.39, 0.29) is 10.6 Å². The van der Waals surface area contributed by atoms with Gasteiger partial charge in [-0.1, -0.05) is 18.2 Å². The topological polar surface area (TPSA) is 102 Å². The predicted octanol–water partition coefficient (Wildman–Crippen LogP) is 2.83. The normalized spacial score (nSPS) is 12.0. The van der Waals surface area contributed by atoms with Crippen LogP contribution >= 0.6 is 0 Å². The first-order chi connectivity index (χ1) is 10.8. The molecule has 2 aromatic rings. The summed E-state index contributed by atoms with van der Waals surface area (Å²) in [5, 5.41) is 14.9. The van der Waals surface area contributed by atoms with Crippen LogP contribution in [0.2, 0.25) is 0 Å². The minimum atomic E-state index is -3.23. The van der Waals surface area contributed by atoms with Crippen LogP contribution < -0.4 is 5.43 Å². The van der Waals surface area contributed by atoms with Gasteiger partial charge in [0, 0.05) is 18.4 Å². The minimum absolute atomic E-state index is 0.0274. The summed E-state index contributed by atoms with van der Waals surface area (Å²) in [5.41, 5.74) is 4.58. The van der Waals surface area contributed by atoms with E-state index in [4.69, 9.17) is 0 Å². The van der Waals surface area contributed by atoms with Gasteiger partial charge in [0.1, 0.15) is 0 Å². The van der Waals surface area contributed by atoms with Gasteiger partial charge in [-0.05, 0) is 30.7 Å². The molecule has 0 radical (unpaired) electrons. The third-order valence-electron chi connectivity index (χ3n) is 3.11. The number of hydrogen-bond acceptors (Lipinski definition) is 6. The second-order valence-corrected chi connectivity index (χ2v) is 6.93. The molecule has 0 atom stereocenters. The lowest BCUT2D eigenvalue weighted by Crippen LogP contribution is -2.02. The number of sulfone groups is 1. The van der Waals surface area contributed by atoms with Crippen molar-refractivity contribution in [2.24, 2.45) is 5.10 Å². The molecular weight excluding hydrogens is 318 g/mol. The molecule has 2 rings (SSSR count). The molecule has 120 valence electrons. The number of nitrogens with one attached hydrogen (secondary N) is 1. The second kappa shape index (κ2) is 6.57. The predicted molar refractivity (Wildman–Crippen MR) is 88.5 cm³/mol. The van der Waals surface area contributed by atoms with E-state index in [0.29, 0.717) is 11.4 Å². The average molecular weight is 333 g/mol. The molecule has 2 aromatic carbocycles. The third-order valence-corrected chi connectivity index (χ3v) is 4.24. The molecule has 23 heavy (non-hydrogen) atoms. The molecule has 0 aliphatic rings. The number of non-ortho nitro benzene ring substituents is 1. The monoisotopic (exact) mass is 333 g/mol. The van der Waals surface area contributed by atoms with Crippen molar-refractivity contribution in [2.75, 3.05) is 11.7 Å². The number of rotatable bonds is 5. The largest absolute Gasteiger partial charge is 0.278 e. The van der Waals surface area contributed by atoms with Gasteiger partial charge >= 0.3 is 0 Å². The smallest absolute Gasteiger partial charge is 0.271 e. The Morgan fingerprint density at radius 1 is 1.17 bits per heavy atom. The zero-order chi connectivity index (χ0) is 17.0. The summed E-state index contributed by atoms with van der Waals surface area (Å²) in [6.45, 7) is 1.75. The molecular formula is C15H15N3O4S. The van der Waals surface area contributed by atoms with Crippen molar-refractivity contribution in [1.82, 2.24) is 0 Å². The van der Waals surface area contributed by atoms with E-state index in [1.54, 1.807) is 31.2 Å². The van der Waals surface area contributed by atoms with Crippen LogP contribution in [0.25, 0.3) is 0 Å². The zero-order valence-electron chi connectivity index (χ0n) is 12.6. The Labute approximate surface area is 133 Å². The summed E-state index contributed by atoms with van der Waals surface area (Å²) >= 11 is 0. The van der Waals surface area contributed by atoms with E-state index in [9.17, 15) is 18.5 Å². The van der Waals surface area contributed by atoms with Gasteiger partial charge in [-0.3, -0.25) is 15.5 Å². The maximum absolute atomic E-state index is 11.4. The highest BCUT2D eigenvalue weighted by Gasteiger charge is 2.07. The number of nitrogens with zero attached hydrogens (tertiary/aromatic N) is 2. The van der Waals surface area contributed by atoms with Crippen molar-refractivity contribution in [2.45, 2.75) is 11.8 Å². The molecule has 0 fully saturated rings. The van der Waals surface area contributed by atoms with Crippen LogP contribution in [-0.4, -0.2) is 25.3 Å². The van der Waals surface area contributed by atoms with Crippen molar-refractivity contribution in [3.63, 3.8) is 0 Å². The summed E-state index contributed by atoms with van der Waals surface area (Å²) in [6.07, 6.45) is 1.15. The number of hydrazone groups is 1. The molecule has 0 spiro atoms. The van der Waals surface area contributed by atoms with Crippen molar-refractivity contribution >= 4 is 26.9 Å². The SMILES string of the molecule is C/C(=N/Nc1cccc([N+](=O)[O-])c1)c1ccc(S(C)(=O)=O)cc1. The summed E-state index contributed by atoms with van der Waals surface area (Å²) in [6, 6.07) is 12.3. The van der Waals surface area contributed by atoms with Gasteiger partial charge in [-0.2, -0.15) is 5.10 Å². The molecule has 1 N–H and O–H groups in total. The average Bonchev–Trinajstić information content (AvgIpc) is 2.52. The van der Waals surface area contributed by atoms with E-state index >= 15 is 0 Å². The maximum atomic E-state index is 11.4. The van der Waals surface area contributed by atoms with E-state index < -0.39 is 14.8 Å². The van der Waals surface area contributed by atoms with Crippen LogP contribution in [0.3, 0.4) is 0 Å². The fourth-order valence-corrected chi connectivity index (χ4v) is 2.48. The lowest BCUT2D eigenvalue weighted by molar-refractivity contribution is -0.384. The Morgan fingerprint density at radius 3 is 2.39 bits per heavy atom. The van der Waals surface area contributed by atoms with E-state index in [0.717, 1.165) is 11.8 Å². The first-order valence-electron chi connectivity index (χ1n) is 6.62. The molecule has 0 unspecified atom stereocenters. The number of nitro groups is 1. The summed E-state index contributed by atoms with van der Waals surface area (Å²) in [5.74, 6) is 0. The van der Waals surface area contributed by atoms with Crippen LogP contribution in [0.1, 0.15) is 12.5 Å². The van der Waals surface area contributed by atoms with Gasteiger partial charge in [0.2, 0.25) is 0 Å². The van der Waals surface area contributed by atoms with Crippen LogP contribution in [0.5, 0.6) is 0 Å². The van der Waals surface area contributed by atoms with Gasteiger partial charge < -0.3 is 0 Å². The van der Waals surface area contributed by atoms with Gasteiger partial charge in [0.05, 0.1) is 21.2 Å². The highest BCUT2D eigenvalue weighted by atomic mass is 32.2. The highest BCUT2D eigenvalue weighted by molar-refractivity contribution is 7.90. The number of hydrogen-bond donors (Lipinski definition) is 1. The number of anilines is 1. The second-order valence-electron chi connectivity index (χ2n) is 4.91. The molecule has 0 saturated heterocycles. The van der Waals surface area contributed by atoms with E-state index in [1.807, 2.05) is 0 Å². The molecule has 0 bridgehead atoms. The number of nitro benzene ring substituents is 1. The summed E-state index contributed by atoms with van der Waals surface area (Å²) in [4.78, 5) is 10.5. The molecule has 0 aliphatic carbocycles. The minimum Gasteiger partial charge on any atom is -0.278 e. The lowest BCUT2D eigenvalue weighted by Gasteiger charge is -2.05. The molecule has 0 aliphatic heterocycles. The Balaban J connectivity index is 2.17. The Morgan fingerprint density at radius 2 is 1.83 bits per heavy atom. The van der Waals surface area contributed by atoms with Crippen LogP contribution in [-0.2, 0) is 9.84 Å².